The summed E-state index contributed by atoms with van der Waals surface area (Å²) in [6.45, 7) is 0. The highest BCUT2D eigenvalue weighted by atomic mass is 19.4. The number of alkyl halides is 3. The number of carbonyl (C=O) groups excluding carboxylic acids is 1. The van der Waals surface area contributed by atoms with Crippen molar-refractivity contribution in [2.24, 2.45) is 0 Å². The highest BCUT2D eigenvalue weighted by Gasteiger charge is 2.35. The lowest BCUT2D eigenvalue weighted by atomic mass is 10.1. The molecule has 3 N–H and O–H groups in total. The maximum absolute atomic E-state index is 13.2. The van der Waals surface area contributed by atoms with Crippen molar-refractivity contribution in [3.05, 3.63) is 65.4 Å². The van der Waals surface area contributed by atoms with Crippen LogP contribution in [0.5, 0.6) is 0 Å². The monoisotopic (exact) mass is 429 g/mol. The Morgan fingerprint density at radius 3 is 2.65 bits per heavy atom. The maximum Gasteiger partial charge on any atom is 0.417 e. The van der Waals surface area contributed by atoms with Crippen LogP contribution in [-0.2, 0) is 6.18 Å². The van der Waals surface area contributed by atoms with E-state index in [1.807, 2.05) is 0 Å². The summed E-state index contributed by atoms with van der Waals surface area (Å²) >= 11 is 0. The quantitative estimate of drug-likeness (QED) is 0.571. The van der Waals surface area contributed by atoms with Crippen molar-refractivity contribution >= 4 is 40.7 Å². The Kier molecular flexibility index (Phi) is 4.72. The van der Waals surface area contributed by atoms with Crippen LogP contribution in [0.1, 0.15) is 26.3 Å². The average molecular weight is 429 g/mol. The normalized spacial score (nSPS) is 13.0. The lowest BCUT2D eigenvalue weighted by Gasteiger charge is -2.17. The molecule has 3 aromatic rings. The molecule has 2 aromatic carbocycles. The fraction of sp³-hybridized carbons (Fsp3) is 0.100. The zero-order valence-corrected chi connectivity index (χ0v) is 15.9. The first-order valence-electron chi connectivity index (χ1n) is 8.88. The molecule has 0 atom stereocenters. The van der Waals surface area contributed by atoms with E-state index in [1.54, 1.807) is 31.3 Å². The van der Waals surface area contributed by atoms with Crippen LogP contribution >= 0.6 is 0 Å². The number of hydrogen-bond acceptors (Lipinski definition) is 6. The molecule has 0 bridgehead atoms. The number of fused-ring (bicyclic) bond motifs is 2. The summed E-state index contributed by atoms with van der Waals surface area (Å²) in [4.78, 5) is 33.5. The Hall–Kier alpha value is -4.15. The Balaban J connectivity index is 1.71. The van der Waals surface area contributed by atoms with Gasteiger partial charge in [-0.25, -0.2) is 9.78 Å². The second-order valence-corrected chi connectivity index (χ2v) is 6.65. The number of nitrogens with zero attached hydrogens (tertiary/aromatic N) is 3. The topological polar surface area (TPSA) is 107 Å². The number of aromatic nitrogens is 2. The number of nitrogens with one attached hydrogen (secondary N) is 2. The van der Waals surface area contributed by atoms with Crippen molar-refractivity contribution in [1.29, 1.82) is 0 Å². The van der Waals surface area contributed by atoms with E-state index in [4.69, 9.17) is 5.11 Å². The Labute approximate surface area is 173 Å². The number of carbonyl (C=O) groups is 2. The third kappa shape index (κ3) is 3.72. The van der Waals surface area contributed by atoms with Gasteiger partial charge in [0.15, 0.2) is 5.82 Å². The van der Waals surface area contributed by atoms with Crippen molar-refractivity contribution in [1.82, 2.24) is 9.97 Å². The molecule has 4 rings (SSSR count). The van der Waals surface area contributed by atoms with Gasteiger partial charge in [0.05, 0.1) is 28.6 Å². The van der Waals surface area contributed by atoms with Crippen LogP contribution in [0.15, 0.2) is 48.7 Å². The number of anilines is 5. The number of amides is 1. The standard InChI is InChI=1S/C20H14F3N5O3/c1-28-15-9-24-19(27-16(15)26-14-5-3-2-4-12(14)17(28)29)25-10-6-7-11(18(30)31)13(8-10)20(21,22)23/h2-9H,1H3,(H,30,31)(H2,24,25,26,27). The van der Waals surface area contributed by atoms with Crippen LogP contribution < -0.4 is 15.5 Å². The summed E-state index contributed by atoms with van der Waals surface area (Å²) in [5, 5.41) is 14.7. The van der Waals surface area contributed by atoms with Crippen LogP contribution in [-0.4, -0.2) is 34.0 Å². The molecule has 0 saturated heterocycles. The maximum atomic E-state index is 13.2. The average Bonchev–Trinajstić information content (AvgIpc) is 2.82. The van der Waals surface area contributed by atoms with Gasteiger partial charge < -0.3 is 20.6 Å². The third-order valence-corrected chi connectivity index (χ3v) is 4.66. The molecule has 1 amide bonds. The predicted octanol–water partition coefficient (Wildman–Crippen LogP) is 4.27. The molecule has 0 unspecified atom stereocenters. The number of para-hydroxylation sites is 1. The van der Waals surface area contributed by atoms with E-state index in [0.717, 1.165) is 6.07 Å². The van der Waals surface area contributed by atoms with Gasteiger partial charge in [-0.2, -0.15) is 18.2 Å². The van der Waals surface area contributed by atoms with Crippen molar-refractivity contribution in [2.45, 2.75) is 6.18 Å². The zero-order valence-electron chi connectivity index (χ0n) is 15.9. The number of hydrogen-bond donors (Lipinski definition) is 3. The van der Waals surface area contributed by atoms with Crippen molar-refractivity contribution < 1.29 is 27.9 Å². The zero-order chi connectivity index (χ0) is 22.3. The van der Waals surface area contributed by atoms with Gasteiger partial charge in [-0.15, -0.1) is 0 Å². The summed E-state index contributed by atoms with van der Waals surface area (Å²) < 4.78 is 39.7. The number of halogens is 3. The van der Waals surface area contributed by atoms with Gasteiger partial charge in [0.25, 0.3) is 5.91 Å². The third-order valence-electron chi connectivity index (χ3n) is 4.66. The second-order valence-electron chi connectivity index (χ2n) is 6.65. The van der Waals surface area contributed by atoms with Gasteiger partial charge in [0.1, 0.15) is 5.69 Å². The summed E-state index contributed by atoms with van der Waals surface area (Å²) in [6, 6.07) is 9.54. The predicted molar refractivity (Wildman–Crippen MR) is 106 cm³/mol. The summed E-state index contributed by atoms with van der Waals surface area (Å²) in [5.74, 6) is -1.72. The van der Waals surface area contributed by atoms with Crippen LogP contribution in [0, 0.1) is 0 Å². The number of carboxylic acid groups (broad SMARTS) is 1. The van der Waals surface area contributed by atoms with Gasteiger partial charge in [0.2, 0.25) is 5.95 Å². The molecule has 8 nitrogen and oxygen atoms in total. The SMILES string of the molecule is CN1C(=O)c2ccccc2Nc2nc(Nc3ccc(C(=O)O)c(C(F)(F)F)c3)ncc21. The van der Waals surface area contributed by atoms with Crippen molar-refractivity contribution in [2.75, 3.05) is 22.6 Å². The van der Waals surface area contributed by atoms with E-state index in [9.17, 15) is 22.8 Å². The molecule has 31 heavy (non-hydrogen) atoms. The van der Waals surface area contributed by atoms with Gasteiger partial charge >= 0.3 is 12.1 Å². The molecule has 1 aromatic heterocycles. The largest absolute Gasteiger partial charge is 0.478 e. The van der Waals surface area contributed by atoms with Gasteiger partial charge in [-0.3, -0.25) is 4.79 Å². The highest BCUT2D eigenvalue weighted by molar-refractivity contribution is 6.12. The van der Waals surface area contributed by atoms with E-state index in [0.29, 0.717) is 23.0 Å². The first-order valence-corrected chi connectivity index (χ1v) is 8.88. The van der Waals surface area contributed by atoms with Gasteiger partial charge in [-0.1, -0.05) is 12.1 Å². The minimum atomic E-state index is -4.85. The molecule has 0 fully saturated rings. The van der Waals surface area contributed by atoms with Gasteiger partial charge in [0, 0.05) is 12.7 Å². The molecule has 158 valence electrons. The molecular weight excluding hydrogens is 415 g/mol. The van der Waals surface area contributed by atoms with Crippen LogP contribution in [0.2, 0.25) is 0 Å². The molecule has 0 radical (unpaired) electrons. The van der Waals surface area contributed by atoms with E-state index in [2.05, 4.69) is 20.6 Å². The van der Waals surface area contributed by atoms with Crippen molar-refractivity contribution in [3.63, 3.8) is 0 Å². The second kappa shape index (κ2) is 7.27. The smallest absolute Gasteiger partial charge is 0.417 e. The van der Waals surface area contributed by atoms with E-state index in [1.165, 1.54) is 17.2 Å². The van der Waals surface area contributed by atoms with E-state index >= 15 is 0 Å². The Morgan fingerprint density at radius 1 is 1.19 bits per heavy atom. The minimum Gasteiger partial charge on any atom is -0.478 e. The molecular formula is C20H14F3N5O3. The number of carboxylic acids is 1. The van der Waals surface area contributed by atoms with Crippen LogP contribution in [0.4, 0.5) is 42.0 Å². The Morgan fingerprint density at radius 2 is 1.94 bits per heavy atom. The molecule has 2 heterocycles. The fourth-order valence-corrected chi connectivity index (χ4v) is 3.14. The fourth-order valence-electron chi connectivity index (χ4n) is 3.14. The number of benzene rings is 2. The summed E-state index contributed by atoms with van der Waals surface area (Å²) in [6.07, 6.45) is -3.49. The summed E-state index contributed by atoms with van der Waals surface area (Å²) in [5.41, 5.74) is -0.874. The van der Waals surface area contributed by atoms with E-state index in [-0.39, 0.29) is 23.4 Å². The Bertz CT molecular complexity index is 1210. The van der Waals surface area contributed by atoms with Crippen LogP contribution in [0.3, 0.4) is 0 Å². The molecule has 0 aliphatic carbocycles. The number of aromatic carboxylic acids is 1. The van der Waals surface area contributed by atoms with Crippen LogP contribution in [0.25, 0.3) is 0 Å². The minimum absolute atomic E-state index is 0.0392. The lowest BCUT2D eigenvalue weighted by molar-refractivity contribution is -0.138. The first kappa shape index (κ1) is 20.1. The first-order chi connectivity index (χ1) is 14.6. The van der Waals surface area contributed by atoms with Crippen molar-refractivity contribution in [3.8, 4) is 0 Å². The lowest BCUT2D eigenvalue weighted by Crippen LogP contribution is -2.25. The highest BCUT2D eigenvalue weighted by Crippen LogP contribution is 2.36. The molecule has 1 aliphatic heterocycles. The molecule has 0 spiro atoms. The van der Waals surface area contributed by atoms with Gasteiger partial charge in [-0.05, 0) is 30.3 Å². The molecule has 1 aliphatic rings. The molecule has 11 heteroatoms. The van der Waals surface area contributed by atoms with E-state index < -0.39 is 23.3 Å². The molecule has 0 saturated carbocycles. The summed E-state index contributed by atoms with van der Waals surface area (Å²) in [7, 11) is 1.56. The number of rotatable bonds is 3.